The van der Waals surface area contributed by atoms with Gasteiger partial charge in [-0.25, -0.2) is 9.50 Å². The molecule has 6 heteroatoms. The quantitative estimate of drug-likeness (QED) is 0.713. The molecule has 1 fully saturated rings. The van der Waals surface area contributed by atoms with Crippen molar-refractivity contribution in [3.63, 3.8) is 0 Å². The summed E-state index contributed by atoms with van der Waals surface area (Å²) in [5, 5.41) is 4.49. The molecule has 134 valence electrons. The standard InChI is InChI=1S/C20H23N5O/c1-14-11-15(2)25-19(21-14)12-17(22-25)20(26)24-10-9-23(3)18(13-24)16-7-5-4-6-8-16/h4-8,11-12,18H,9-10,13H2,1-3H3/t18-/m1/s1. The summed E-state index contributed by atoms with van der Waals surface area (Å²) in [6, 6.07) is 14.3. The number of aromatic nitrogens is 3. The van der Waals surface area contributed by atoms with Gasteiger partial charge >= 0.3 is 0 Å². The molecule has 1 amide bonds. The van der Waals surface area contributed by atoms with E-state index in [1.807, 2.05) is 43.0 Å². The number of likely N-dealkylation sites (N-methyl/N-ethyl adjacent to an activating group) is 1. The van der Waals surface area contributed by atoms with Crippen LogP contribution >= 0.6 is 0 Å². The normalized spacial score (nSPS) is 18.4. The van der Waals surface area contributed by atoms with E-state index < -0.39 is 0 Å². The first kappa shape index (κ1) is 16.7. The first-order valence-corrected chi connectivity index (χ1v) is 8.91. The number of carbonyl (C=O) groups is 1. The summed E-state index contributed by atoms with van der Waals surface area (Å²) in [5.41, 5.74) is 4.32. The monoisotopic (exact) mass is 349 g/mol. The van der Waals surface area contributed by atoms with E-state index in [1.165, 1.54) is 5.56 Å². The SMILES string of the molecule is Cc1cc(C)n2nc(C(=O)N3CCN(C)[C@@H](c4ccccc4)C3)cc2n1. The summed E-state index contributed by atoms with van der Waals surface area (Å²) in [5.74, 6) is -0.0263. The second-order valence-electron chi connectivity index (χ2n) is 7.00. The van der Waals surface area contributed by atoms with Gasteiger partial charge < -0.3 is 4.90 Å². The Balaban J connectivity index is 1.61. The zero-order valence-electron chi connectivity index (χ0n) is 15.4. The number of nitrogens with zero attached hydrogens (tertiary/aromatic N) is 5. The van der Waals surface area contributed by atoms with Gasteiger partial charge in [-0.3, -0.25) is 9.69 Å². The Morgan fingerprint density at radius 1 is 1.12 bits per heavy atom. The smallest absolute Gasteiger partial charge is 0.274 e. The summed E-state index contributed by atoms with van der Waals surface area (Å²) in [6.07, 6.45) is 0. The molecule has 26 heavy (non-hydrogen) atoms. The lowest BCUT2D eigenvalue weighted by Crippen LogP contribution is -2.49. The molecule has 3 heterocycles. The van der Waals surface area contributed by atoms with Gasteiger partial charge in [0.25, 0.3) is 5.91 Å². The van der Waals surface area contributed by atoms with Gasteiger partial charge in [-0.05, 0) is 32.5 Å². The molecule has 1 aromatic carbocycles. The lowest BCUT2D eigenvalue weighted by atomic mass is 10.0. The van der Waals surface area contributed by atoms with E-state index in [9.17, 15) is 4.79 Å². The average Bonchev–Trinajstić information content (AvgIpc) is 3.06. The fourth-order valence-corrected chi connectivity index (χ4v) is 3.65. The van der Waals surface area contributed by atoms with Crippen LogP contribution in [0.5, 0.6) is 0 Å². The Hall–Kier alpha value is -2.73. The van der Waals surface area contributed by atoms with Crippen LogP contribution in [0.3, 0.4) is 0 Å². The van der Waals surface area contributed by atoms with E-state index in [2.05, 4.69) is 34.2 Å². The minimum atomic E-state index is -0.0263. The van der Waals surface area contributed by atoms with Crippen LogP contribution in [-0.2, 0) is 0 Å². The van der Waals surface area contributed by atoms with Crippen LogP contribution in [-0.4, -0.2) is 57.0 Å². The van der Waals surface area contributed by atoms with Crippen LogP contribution in [0.15, 0.2) is 42.5 Å². The van der Waals surface area contributed by atoms with Crippen molar-refractivity contribution < 1.29 is 4.79 Å². The number of fused-ring (bicyclic) bond motifs is 1. The van der Waals surface area contributed by atoms with E-state index in [0.717, 1.165) is 23.6 Å². The van der Waals surface area contributed by atoms with Gasteiger partial charge in [-0.15, -0.1) is 0 Å². The first-order chi connectivity index (χ1) is 12.5. The van der Waals surface area contributed by atoms with Crippen molar-refractivity contribution in [3.8, 4) is 0 Å². The highest BCUT2D eigenvalue weighted by Gasteiger charge is 2.30. The minimum absolute atomic E-state index is 0.0263. The number of aryl methyl sites for hydroxylation is 2. The van der Waals surface area contributed by atoms with E-state index in [0.29, 0.717) is 18.8 Å². The predicted molar refractivity (Wildman–Crippen MR) is 100 cm³/mol. The van der Waals surface area contributed by atoms with Gasteiger partial charge in [0.15, 0.2) is 11.3 Å². The molecule has 0 spiro atoms. The molecular formula is C20H23N5O. The largest absolute Gasteiger partial charge is 0.334 e. The molecule has 1 aliphatic heterocycles. The summed E-state index contributed by atoms with van der Waals surface area (Å²) < 4.78 is 1.74. The third-order valence-corrected chi connectivity index (χ3v) is 5.07. The number of piperazine rings is 1. The number of hydrogen-bond acceptors (Lipinski definition) is 4. The van der Waals surface area contributed by atoms with Gasteiger partial charge in [-0.2, -0.15) is 5.10 Å². The van der Waals surface area contributed by atoms with E-state index in [1.54, 1.807) is 10.6 Å². The maximum Gasteiger partial charge on any atom is 0.274 e. The second kappa shape index (κ2) is 6.53. The Morgan fingerprint density at radius 2 is 1.88 bits per heavy atom. The lowest BCUT2D eigenvalue weighted by molar-refractivity contribution is 0.0540. The van der Waals surface area contributed by atoms with Gasteiger partial charge in [0, 0.05) is 37.1 Å². The Morgan fingerprint density at radius 3 is 2.65 bits per heavy atom. The van der Waals surface area contributed by atoms with Crippen molar-refractivity contribution in [3.05, 3.63) is 65.1 Å². The number of amides is 1. The number of carbonyl (C=O) groups excluding carboxylic acids is 1. The highest BCUT2D eigenvalue weighted by molar-refractivity contribution is 5.93. The Kier molecular flexibility index (Phi) is 4.20. The van der Waals surface area contributed by atoms with E-state index in [4.69, 9.17) is 0 Å². The maximum atomic E-state index is 13.1. The predicted octanol–water partition coefficient (Wildman–Crippen LogP) is 2.48. The zero-order valence-corrected chi connectivity index (χ0v) is 15.4. The molecule has 0 bridgehead atoms. The second-order valence-corrected chi connectivity index (χ2v) is 7.00. The molecule has 1 aliphatic rings. The molecule has 4 rings (SSSR count). The molecular weight excluding hydrogens is 326 g/mol. The molecule has 0 aliphatic carbocycles. The van der Waals surface area contributed by atoms with Crippen molar-refractivity contribution in [2.24, 2.45) is 0 Å². The first-order valence-electron chi connectivity index (χ1n) is 8.91. The van der Waals surface area contributed by atoms with Crippen LogP contribution in [0.25, 0.3) is 5.65 Å². The van der Waals surface area contributed by atoms with Gasteiger partial charge in [0.2, 0.25) is 0 Å². The third kappa shape index (κ3) is 2.97. The molecule has 1 atom stereocenters. The Labute approximate surface area is 153 Å². The average molecular weight is 349 g/mol. The zero-order chi connectivity index (χ0) is 18.3. The number of hydrogen-bond donors (Lipinski definition) is 0. The van der Waals surface area contributed by atoms with Crippen molar-refractivity contribution in [1.82, 2.24) is 24.4 Å². The molecule has 0 radical (unpaired) electrons. The Bertz CT molecular complexity index is 949. The molecule has 2 aromatic heterocycles. The summed E-state index contributed by atoms with van der Waals surface area (Å²) >= 11 is 0. The molecule has 0 unspecified atom stereocenters. The van der Waals surface area contributed by atoms with Crippen molar-refractivity contribution in [2.45, 2.75) is 19.9 Å². The van der Waals surface area contributed by atoms with Crippen LogP contribution in [0.4, 0.5) is 0 Å². The van der Waals surface area contributed by atoms with Crippen LogP contribution in [0.1, 0.15) is 33.5 Å². The molecule has 0 saturated carbocycles. The lowest BCUT2D eigenvalue weighted by Gasteiger charge is -2.39. The fraction of sp³-hybridized carbons (Fsp3) is 0.350. The number of rotatable bonds is 2. The van der Waals surface area contributed by atoms with Crippen LogP contribution in [0, 0.1) is 13.8 Å². The fourth-order valence-electron chi connectivity index (χ4n) is 3.65. The van der Waals surface area contributed by atoms with Crippen LogP contribution in [0.2, 0.25) is 0 Å². The van der Waals surface area contributed by atoms with Gasteiger partial charge in [0.1, 0.15) is 0 Å². The van der Waals surface area contributed by atoms with Crippen molar-refractivity contribution >= 4 is 11.6 Å². The molecule has 1 saturated heterocycles. The summed E-state index contributed by atoms with van der Waals surface area (Å²) in [4.78, 5) is 21.7. The summed E-state index contributed by atoms with van der Waals surface area (Å²) in [7, 11) is 2.11. The maximum absolute atomic E-state index is 13.1. The van der Waals surface area contributed by atoms with Crippen molar-refractivity contribution in [1.29, 1.82) is 0 Å². The van der Waals surface area contributed by atoms with E-state index in [-0.39, 0.29) is 11.9 Å². The topological polar surface area (TPSA) is 53.7 Å². The minimum Gasteiger partial charge on any atom is -0.334 e. The molecule has 0 N–H and O–H groups in total. The third-order valence-electron chi connectivity index (χ3n) is 5.07. The molecule has 6 nitrogen and oxygen atoms in total. The molecule has 3 aromatic rings. The summed E-state index contributed by atoms with van der Waals surface area (Å²) in [6.45, 7) is 6.14. The van der Waals surface area contributed by atoms with Gasteiger partial charge in [0.05, 0.1) is 6.04 Å². The van der Waals surface area contributed by atoms with Crippen molar-refractivity contribution in [2.75, 3.05) is 26.7 Å². The number of benzene rings is 1. The highest BCUT2D eigenvalue weighted by atomic mass is 16.2. The highest BCUT2D eigenvalue weighted by Crippen LogP contribution is 2.24. The van der Waals surface area contributed by atoms with E-state index >= 15 is 0 Å². The van der Waals surface area contributed by atoms with Crippen LogP contribution < -0.4 is 0 Å². The van der Waals surface area contributed by atoms with Gasteiger partial charge in [-0.1, -0.05) is 30.3 Å².